The maximum absolute atomic E-state index is 12.0. The van der Waals surface area contributed by atoms with Crippen molar-refractivity contribution in [2.24, 2.45) is 0 Å². The Bertz CT molecular complexity index is 644. The summed E-state index contributed by atoms with van der Waals surface area (Å²) in [7, 11) is 0. The maximum Gasteiger partial charge on any atom is 0.317 e. The lowest BCUT2D eigenvalue weighted by Gasteiger charge is -2.30. The number of rotatable bonds is 4. The summed E-state index contributed by atoms with van der Waals surface area (Å²) in [5.41, 5.74) is 2.09. The molecule has 2 aromatic rings. The molecule has 1 aromatic heterocycles. The molecule has 6 heteroatoms. The van der Waals surface area contributed by atoms with Crippen LogP contribution in [0, 0.1) is 0 Å². The molecule has 0 radical (unpaired) electrons. The van der Waals surface area contributed by atoms with Crippen molar-refractivity contribution in [2.75, 3.05) is 19.6 Å². The standard InChI is InChI=1S/C17H21N3O2S/c21-14-7-4-10-20(11-14)17(22)18-9-8-16-19-15(12-23-16)13-5-2-1-3-6-13/h1-3,5-6,12,14,21H,4,7-11H2,(H,18,22). The van der Waals surface area contributed by atoms with Crippen molar-refractivity contribution in [3.05, 3.63) is 40.7 Å². The summed E-state index contributed by atoms with van der Waals surface area (Å²) in [5, 5.41) is 15.6. The molecular formula is C17H21N3O2S. The van der Waals surface area contributed by atoms with Gasteiger partial charge < -0.3 is 15.3 Å². The Morgan fingerprint density at radius 2 is 2.22 bits per heavy atom. The normalized spacial score (nSPS) is 18.0. The number of hydrogen-bond donors (Lipinski definition) is 2. The summed E-state index contributed by atoms with van der Waals surface area (Å²) < 4.78 is 0. The van der Waals surface area contributed by atoms with Crippen LogP contribution in [0.15, 0.2) is 35.7 Å². The molecule has 5 nitrogen and oxygen atoms in total. The van der Waals surface area contributed by atoms with Gasteiger partial charge in [-0.1, -0.05) is 30.3 Å². The van der Waals surface area contributed by atoms with Crippen molar-refractivity contribution in [3.8, 4) is 11.3 Å². The number of piperidine rings is 1. The van der Waals surface area contributed by atoms with E-state index < -0.39 is 0 Å². The van der Waals surface area contributed by atoms with Crippen molar-refractivity contribution < 1.29 is 9.90 Å². The summed E-state index contributed by atoms with van der Waals surface area (Å²) in [4.78, 5) is 18.3. The van der Waals surface area contributed by atoms with Crippen LogP contribution < -0.4 is 5.32 Å². The van der Waals surface area contributed by atoms with E-state index in [-0.39, 0.29) is 12.1 Å². The third kappa shape index (κ3) is 4.30. The predicted molar refractivity (Wildman–Crippen MR) is 91.5 cm³/mol. The quantitative estimate of drug-likeness (QED) is 0.905. The Balaban J connectivity index is 1.47. The number of β-amino-alcohol motifs (C(OH)–C–C–N with tert-alkyl or cyclic N) is 1. The van der Waals surface area contributed by atoms with E-state index in [0.717, 1.165) is 42.1 Å². The lowest BCUT2D eigenvalue weighted by atomic mass is 10.1. The molecule has 1 fully saturated rings. The van der Waals surface area contributed by atoms with Gasteiger partial charge in [-0.05, 0) is 12.8 Å². The van der Waals surface area contributed by atoms with E-state index >= 15 is 0 Å². The smallest absolute Gasteiger partial charge is 0.317 e. The van der Waals surface area contributed by atoms with Crippen LogP contribution >= 0.6 is 11.3 Å². The first-order valence-electron chi connectivity index (χ1n) is 7.93. The summed E-state index contributed by atoms with van der Waals surface area (Å²) in [6.45, 7) is 1.71. The molecule has 0 saturated carbocycles. The van der Waals surface area contributed by atoms with Crippen LogP contribution in [0.2, 0.25) is 0 Å². The molecule has 2 amide bonds. The van der Waals surface area contributed by atoms with Crippen molar-refractivity contribution in [1.82, 2.24) is 15.2 Å². The monoisotopic (exact) mass is 331 g/mol. The Hall–Kier alpha value is -1.92. The van der Waals surface area contributed by atoms with Crippen LogP contribution in [0.3, 0.4) is 0 Å². The van der Waals surface area contributed by atoms with Gasteiger partial charge in [0.2, 0.25) is 0 Å². The van der Waals surface area contributed by atoms with E-state index in [1.165, 1.54) is 0 Å². The SMILES string of the molecule is O=C(NCCc1nc(-c2ccccc2)cs1)N1CCCC(O)C1. The van der Waals surface area contributed by atoms with Gasteiger partial charge in [-0.3, -0.25) is 0 Å². The fraction of sp³-hybridized carbons (Fsp3) is 0.412. The van der Waals surface area contributed by atoms with E-state index in [2.05, 4.69) is 10.3 Å². The minimum atomic E-state index is -0.387. The second kappa shape index (κ2) is 7.57. The predicted octanol–water partition coefficient (Wildman–Crippen LogP) is 2.52. The summed E-state index contributed by atoms with van der Waals surface area (Å²) in [5.74, 6) is 0. The topological polar surface area (TPSA) is 65.5 Å². The van der Waals surface area contributed by atoms with Gasteiger partial charge in [0.1, 0.15) is 0 Å². The number of aliphatic hydroxyl groups is 1. The Kier molecular flexibility index (Phi) is 5.25. The summed E-state index contributed by atoms with van der Waals surface area (Å²) in [6.07, 6.45) is 1.98. The molecule has 2 heterocycles. The van der Waals surface area contributed by atoms with Crippen LogP contribution in [0.5, 0.6) is 0 Å². The number of nitrogens with zero attached hydrogens (tertiary/aromatic N) is 2. The maximum atomic E-state index is 12.0. The lowest BCUT2D eigenvalue weighted by Crippen LogP contribution is -2.47. The number of urea groups is 1. The molecule has 3 rings (SSSR count). The molecule has 1 saturated heterocycles. The Morgan fingerprint density at radius 3 is 3.00 bits per heavy atom. The van der Waals surface area contributed by atoms with Crippen LogP contribution in [0.4, 0.5) is 4.79 Å². The molecule has 23 heavy (non-hydrogen) atoms. The Morgan fingerprint density at radius 1 is 1.39 bits per heavy atom. The van der Waals surface area contributed by atoms with Gasteiger partial charge in [-0.15, -0.1) is 11.3 Å². The molecule has 2 N–H and O–H groups in total. The highest BCUT2D eigenvalue weighted by Gasteiger charge is 2.21. The van der Waals surface area contributed by atoms with Crippen LogP contribution in [0.1, 0.15) is 17.8 Å². The van der Waals surface area contributed by atoms with Gasteiger partial charge in [-0.2, -0.15) is 0 Å². The zero-order valence-electron chi connectivity index (χ0n) is 12.9. The number of benzene rings is 1. The first kappa shape index (κ1) is 16.0. The number of aliphatic hydroxyl groups excluding tert-OH is 1. The molecular weight excluding hydrogens is 310 g/mol. The van der Waals surface area contributed by atoms with E-state index in [1.54, 1.807) is 16.2 Å². The minimum absolute atomic E-state index is 0.0939. The number of thiazole rings is 1. The van der Waals surface area contributed by atoms with Gasteiger partial charge in [0.05, 0.1) is 16.8 Å². The third-order valence-corrected chi connectivity index (χ3v) is 4.83. The number of likely N-dealkylation sites (tertiary alicyclic amines) is 1. The number of carbonyl (C=O) groups is 1. The molecule has 122 valence electrons. The number of hydrogen-bond acceptors (Lipinski definition) is 4. The fourth-order valence-corrected chi connectivity index (χ4v) is 3.50. The molecule has 1 aliphatic heterocycles. The zero-order valence-corrected chi connectivity index (χ0v) is 13.8. The van der Waals surface area contributed by atoms with Gasteiger partial charge in [0.25, 0.3) is 0 Å². The number of amides is 2. The summed E-state index contributed by atoms with van der Waals surface area (Å²) >= 11 is 1.62. The molecule has 0 aliphatic carbocycles. The summed E-state index contributed by atoms with van der Waals surface area (Å²) in [6, 6.07) is 9.99. The van der Waals surface area contributed by atoms with Crippen molar-refractivity contribution in [2.45, 2.75) is 25.4 Å². The van der Waals surface area contributed by atoms with Gasteiger partial charge >= 0.3 is 6.03 Å². The van der Waals surface area contributed by atoms with Crippen molar-refractivity contribution in [1.29, 1.82) is 0 Å². The zero-order chi connectivity index (χ0) is 16.1. The highest BCUT2D eigenvalue weighted by molar-refractivity contribution is 7.09. The highest BCUT2D eigenvalue weighted by Crippen LogP contribution is 2.21. The lowest BCUT2D eigenvalue weighted by molar-refractivity contribution is 0.0843. The number of aromatic nitrogens is 1. The number of carbonyl (C=O) groups excluding carboxylic acids is 1. The fourth-order valence-electron chi connectivity index (χ4n) is 2.69. The average molecular weight is 331 g/mol. The molecule has 0 spiro atoms. The van der Waals surface area contributed by atoms with Crippen LogP contribution in [-0.2, 0) is 6.42 Å². The second-order valence-electron chi connectivity index (χ2n) is 5.72. The first-order chi connectivity index (χ1) is 11.2. The van der Waals surface area contributed by atoms with Gasteiger partial charge in [-0.25, -0.2) is 9.78 Å². The molecule has 1 unspecified atom stereocenters. The third-order valence-electron chi connectivity index (χ3n) is 3.92. The van der Waals surface area contributed by atoms with Gasteiger partial charge in [0, 0.05) is 37.0 Å². The molecule has 1 aromatic carbocycles. The average Bonchev–Trinajstić information content (AvgIpc) is 3.04. The van der Waals surface area contributed by atoms with Crippen LogP contribution in [-0.4, -0.2) is 46.8 Å². The molecule has 1 atom stereocenters. The van der Waals surface area contributed by atoms with E-state index in [4.69, 9.17) is 0 Å². The second-order valence-corrected chi connectivity index (χ2v) is 6.66. The van der Waals surface area contributed by atoms with E-state index in [9.17, 15) is 9.90 Å². The van der Waals surface area contributed by atoms with Crippen molar-refractivity contribution >= 4 is 17.4 Å². The first-order valence-corrected chi connectivity index (χ1v) is 8.81. The van der Waals surface area contributed by atoms with Gasteiger partial charge in [0.15, 0.2) is 0 Å². The molecule has 0 bridgehead atoms. The highest BCUT2D eigenvalue weighted by atomic mass is 32.1. The minimum Gasteiger partial charge on any atom is -0.391 e. The number of nitrogens with one attached hydrogen (secondary N) is 1. The van der Waals surface area contributed by atoms with Crippen LogP contribution in [0.25, 0.3) is 11.3 Å². The van der Waals surface area contributed by atoms with Crippen molar-refractivity contribution in [3.63, 3.8) is 0 Å². The molecule has 1 aliphatic rings. The Labute approximate surface area is 140 Å². The van der Waals surface area contributed by atoms with E-state index in [1.807, 2.05) is 35.7 Å². The van der Waals surface area contributed by atoms with E-state index in [0.29, 0.717) is 13.1 Å². The largest absolute Gasteiger partial charge is 0.391 e.